The third-order valence-electron chi connectivity index (χ3n) is 6.02. The summed E-state index contributed by atoms with van der Waals surface area (Å²) in [6.07, 6.45) is 1.18. The number of anilines is 1. The van der Waals surface area contributed by atoms with E-state index in [2.05, 4.69) is 13.0 Å². The van der Waals surface area contributed by atoms with Crippen LogP contribution in [0.1, 0.15) is 53.4 Å². The molecule has 4 rings (SSSR count). The van der Waals surface area contributed by atoms with E-state index in [0.29, 0.717) is 31.8 Å². The molecule has 0 saturated heterocycles. The van der Waals surface area contributed by atoms with Crippen molar-refractivity contribution < 1.29 is 19.1 Å². The highest BCUT2D eigenvalue weighted by Gasteiger charge is 2.31. The maximum absolute atomic E-state index is 13.4. The highest BCUT2D eigenvalue weighted by Crippen LogP contribution is 2.40. The average molecular weight is 437 g/mol. The molecule has 0 saturated carbocycles. The molecule has 0 radical (unpaired) electrons. The van der Waals surface area contributed by atoms with Crippen LogP contribution in [0.5, 0.6) is 5.75 Å². The zero-order valence-electron chi connectivity index (χ0n) is 19.7. The summed E-state index contributed by atoms with van der Waals surface area (Å²) in [6.45, 7) is 11.9. The summed E-state index contributed by atoms with van der Waals surface area (Å²) < 4.78 is 11.6. The molecule has 2 aliphatic rings. The van der Waals surface area contributed by atoms with Gasteiger partial charge >= 0.3 is 6.09 Å². The molecule has 0 aliphatic carbocycles. The molecule has 2 aromatic rings. The molecule has 0 N–H and O–H groups in total. The van der Waals surface area contributed by atoms with Gasteiger partial charge in [0.1, 0.15) is 18.0 Å². The molecule has 32 heavy (non-hydrogen) atoms. The molecule has 0 atom stereocenters. The largest absolute Gasteiger partial charge is 0.490 e. The molecule has 0 aromatic heterocycles. The molecule has 0 spiro atoms. The lowest BCUT2D eigenvalue weighted by Crippen LogP contribution is -2.39. The zero-order chi connectivity index (χ0) is 23.0. The summed E-state index contributed by atoms with van der Waals surface area (Å²) >= 11 is 0. The van der Waals surface area contributed by atoms with E-state index in [1.807, 2.05) is 56.9 Å². The standard InChI is InChI=1S/C26H32N2O4/c1-17-7-6-8-20(15-17)24(29)28-13-14-31-22-16-19-9-11-27(25(30)32-26(3,4)5)12-10-21(19)18(2)23(22)28/h6-8,15-16H,9-14H2,1-5H3. The van der Waals surface area contributed by atoms with Crippen LogP contribution in [-0.2, 0) is 17.6 Å². The van der Waals surface area contributed by atoms with Gasteiger partial charge in [0.15, 0.2) is 0 Å². The summed E-state index contributed by atoms with van der Waals surface area (Å²) in [6, 6.07) is 9.76. The molecule has 0 bridgehead atoms. The van der Waals surface area contributed by atoms with E-state index >= 15 is 0 Å². The van der Waals surface area contributed by atoms with Gasteiger partial charge in [-0.3, -0.25) is 4.79 Å². The number of carbonyl (C=O) groups is 2. The second-order valence-electron chi connectivity index (χ2n) is 9.63. The van der Waals surface area contributed by atoms with Crippen molar-refractivity contribution in [2.75, 3.05) is 31.1 Å². The van der Waals surface area contributed by atoms with Crippen molar-refractivity contribution in [2.24, 2.45) is 0 Å². The third kappa shape index (κ3) is 4.45. The Balaban J connectivity index is 1.64. The number of fused-ring (bicyclic) bond motifs is 2. The summed E-state index contributed by atoms with van der Waals surface area (Å²) in [4.78, 5) is 29.6. The minimum absolute atomic E-state index is 0.00898. The van der Waals surface area contributed by atoms with Crippen molar-refractivity contribution in [3.05, 3.63) is 58.1 Å². The summed E-state index contributed by atoms with van der Waals surface area (Å²) in [5, 5.41) is 0. The molecule has 0 unspecified atom stereocenters. The number of hydrogen-bond acceptors (Lipinski definition) is 4. The smallest absolute Gasteiger partial charge is 0.410 e. The van der Waals surface area contributed by atoms with Crippen molar-refractivity contribution in [1.29, 1.82) is 0 Å². The first-order valence-electron chi connectivity index (χ1n) is 11.3. The maximum atomic E-state index is 13.4. The average Bonchev–Trinajstić information content (AvgIpc) is 2.95. The highest BCUT2D eigenvalue weighted by atomic mass is 16.6. The minimum Gasteiger partial charge on any atom is -0.490 e. The zero-order valence-corrected chi connectivity index (χ0v) is 19.7. The van der Waals surface area contributed by atoms with Gasteiger partial charge in [-0.25, -0.2) is 4.79 Å². The molecule has 6 heteroatoms. The van der Waals surface area contributed by atoms with Gasteiger partial charge in [-0.1, -0.05) is 17.7 Å². The van der Waals surface area contributed by atoms with Crippen LogP contribution in [0.25, 0.3) is 0 Å². The number of amides is 2. The lowest BCUT2D eigenvalue weighted by atomic mass is 9.94. The van der Waals surface area contributed by atoms with Gasteiger partial charge in [-0.15, -0.1) is 0 Å². The van der Waals surface area contributed by atoms with E-state index in [1.54, 1.807) is 4.90 Å². The number of nitrogens with zero attached hydrogens (tertiary/aromatic N) is 2. The molecule has 2 amide bonds. The fourth-order valence-electron chi connectivity index (χ4n) is 4.52. The van der Waals surface area contributed by atoms with Gasteiger partial charge < -0.3 is 19.3 Å². The topological polar surface area (TPSA) is 59.1 Å². The first-order valence-corrected chi connectivity index (χ1v) is 11.3. The molecule has 2 heterocycles. The lowest BCUT2D eigenvalue weighted by Gasteiger charge is -2.33. The van der Waals surface area contributed by atoms with E-state index in [9.17, 15) is 9.59 Å². The number of aryl methyl sites for hydroxylation is 1. The van der Waals surface area contributed by atoms with Crippen molar-refractivity contribution in [1.82, 2.24) is 4.90 Å². The minimum atomic E-state index is -0.518. The Hall–Kier alpha value is -3.02. The Bertz CT molecular complexity index is 1050. The molecule has 2 aliphatic heterocycles. The fraction of sp³-hybridized carbons (Fsp3) is 0.462. The summed E-state index contributed by atoms with van der Waals surface area (Å²) in [5.74, 6) is 0.740. The molecular weight excluding hydrogens is 404 g/mol. The number of hydrogen-bond donors (Lipinski definition) is 0. The van der Waals surface area contributed by atoms with E-state index in [1.165, 1.54) is 11.1 Å². The van der Waals surface area contributed by atoms with Crippen LogP contribution >= 0.6 is 0 Å². The third-order valence-corrected chi connectivity index (χ3v) is 6.02. The second kappa shape index (κ2) is 8.49. The molecule has 6 nitrogen and oxygen atoms in total. The van der Waals surface area contributed by atoms with Gasteiger partial charge in [0.05, 0.1) is 12.2 Å². The number of ether oxygens (including phenoxy) is 2. The first kappa shape index (κ1) is 22.2. The van der Waals surface area contributed by atoms with Gasteiger partial charge in [-0.05, 0) is 82.3 Å². The molecule has 170 valence electrons. The normalized spacial score (nSPS) is 15.9. The fourth-order valence-corrected chi connectivity index (χ4v) is 4.52. The van der Waals surface area contributed by atoms with Crippen molar-refractivity contribution >= 4 is 17.7 Å². The lowest BCUT2D eigenvalue weighted by molar-refractivity contribution is 0.0258. The van der Waals surface area contributed by atoms with Gasteiger partial charge in [0.25, 0.3) is 5.91 Å². The second-order valence-corrected chi connectivity index (χ2v) is 9.63. The van der Waals surface area contributed by atoms with Crippen LogP contribution in [-0.4, -0.2) is 48.7 Å². The summed E-state index contributed by atoms with van der Waals surface area (Å²) in [5.41, 5.74) is 5.51. The Morgan fingerprint density at radius 2 is 1.78 bits per heavy atom. The van der Waals surface area contributed by atoms with Gasteiger partial charge in [0, 0.05) is 18.7 Å². The summed E-state index contributed by atoms with van der Waals surface area (Å²) in [7, 11) is 0. The van der Waals surface area contributed by atoms with Crippen LogP contribution in [0.4, 0.5) is 10.5 Å². The number of rotatable bonds is 1. The first-order chi connectivity index (χ1) is 15.1. The van der Waals surface area contributed by atoms with E-state index in [-0.39, 0.29) is 12.0 Å². The van der Waals surface area contributed by atoms with Crippen molar-refractivity contribution in [2.45, 2.75) is 53.1 Å². The van der Waals surface area contributed by atoms with Crippen molar-refractivity contribution in [3.8, 4) is 5.75 Å². The SMILES string of the molecule is Cc1cccc(C(=O)N2CCOc3cc4c(c(C)c32)CCN(C(=O)OC(C)(C)C)CC4)c1. The van der Waals surface area contributed by atoms with E-state index < -0.39 is 5.60 Å². The number of carbonyl (C=O) groups excluding carboxylic acids is 2. The Labute approximate surface area is 190 Å². The Kier molecular flexibility index (Phi) is 5.89. The van der Waals surface area contributed by atoms with E-state index in [0.717, 1.165) is 35.4 Å². The van der Waals surface area contributed by atoms with Gasteiger partial charge in [0.2, 0.25) is 0 Å². The van der Waals surface area contributed by atoms with Crippen LogP contribution in [0.15, 0.2) is 30.3 Å². The van der Waals surface area contributed by atoms with Crippen LogP contribution < -0.4 is 9.64 Å². The quantitative estimate of drug-likeness (QED) is 0.651. The van der Waals surface area contributed by atoms with Crippen LogP contribution in [0.2, 0.25) is 0 Å². The van der Waals surface area contributed by atoms with Crippen molar-refractivity contribution in [3.63, 3.8) is 0 Å². The van der Waals surface area contributed by atoms with Crippen LogP contribution in [0.3, 0.4) is 0 Å². The van der Waals surface area contributed by atoms with Crippen LogP contribution in [0, 0.1) is 13.8 Å². The maximum Gasteiger partial charge on any atom is 0.410 e. The molecule has 2 aromatic carbocycles. The molecular formula is C26H32N2O4. The predicted molar refractivity (Wildman–Crippen MR) is 125 cm³/mol. The predicted octanol–water partition coefficient (Wildman–Crippen LogP) is 4.68. The highest BCUT2D eigenvalue weighted by molar-refractivity contribution is 6.07. The van der Waals surface area contributed by atoms with E-state index in [4.69, 9.17) is 9.47 Å². The molecule has 0 fully saturated rings. The monoisotopic (exact) mass is 436 g/mol. The number of benzene rings is 2. The van der Waals surface area contributed by atoms with Gasteiger partial charge in [-0.2, -0.15) is 0 Å². The Morgan fingerprint density at radius 1 is 1.03 bits per heavy atom. The Morgan fingerprint density at radius 3 is 2.50 bits per heavy atom.